The highest BCUT2D eigenvalue weighted by Gasteiger charge is 2.36. The van der Waals surface area contributed by atoms with E-state index in [4.69, 9.17) is 4.74 Å². The zero-order chi connectivity index (χ0) is 18.1. The van der Waals surface area contributed by atoms with Crippen molar-refractivity contribution in [3.8, 4) is 5.75 Å². The van der Waals surface area contributed by atoms with E-state index in [0.29, 0.717) is 26.0 Å². The summed E-state index contributed by atoms with van der Waals surface area (Å²) in [4.78, 5) is 15.6. The van der Waals surface area contributed by atoms with Crippen LogP contribution in [0.15, 0.2) is 41.8 Å². The van der Waals surface area contributed by atoms with E-state index in [9.17, 15) is 13.2 Å². The van der Waals surface area contributed by atoms with Gasteiger partial charge in [0.25, 0.3) is 0 Å². The summed E-state index contributed by atoms with van der Waals surface area (Å²) in [5, 5.41) is 1.40. The highest BCUT2D eigenvalue weighted by molar-refractivity contribution is 7.91. The number of para-hydroxylation sites is 1. The van der Waals surface area contributed by atoms with E-state index in [2.05, 4.69) is 0 Å². The second-order valence-corrected chi connectivity index (χ2v) is 10.1. The molecule has 3 heterocycles. The first kappa shape index (κ1) is 17.5. The fraction of sp³-hybridized carbons (Fsp3) is 0.421. The third-order valence-corrected chi connectivity index (χ3v) is 8.38. The van der Waals surface area contributed by atoms with Crippen molar-refractivity contribution in [2.45, 2.75) is 18.1 Å². The van der Waals surface area contributed by atoms with Crippen molar-refractivity contribution in [1.82, 2.24) is 4.90 Å². The number of carbonyl (C=O) groups excluding carboxylic acids is 1. The first-order chi connectivity index (χ1) is 12.5. The molecule has 2 atom stereocenters. The number of benzene rings is 1. The van der Waals surface area contributed by atoms with E-state index in [-0.39, 0.29) is 24.1 Å². The molecule has 0 radical (unpaired) electrons. The largest absolute Gasteiger partial charge is 0.492 e. The lowest BCUT2D eigenvalue weighted by molar-refractivity contribution is -0.136. The van der Waals surface area contributed by atoms with Crippen LogP contribution in [0.1, 0.15) is 22.1 Å². The highest BCUT2D eigenvalue weighted by atomic mass is 32.2. The first-order valence-electron chi connectivity index (χ1n) is 8.79. The fourth-order valence-corrected chi connectivity index (χ4v) is 6.71. The third kappa shape index (κ3) is 3.38. The van der Waals surface area contributed by atoms with Crippen LogP contribution in [0, 0.1) is 5.92 Å². The van der Waals surface area contributed by atoms with Crippen LogP contribution in [0.4, 0.5) is 0 Å². The van der Waals surface area contributed by atoms with E-state index in [1.165, 1.54) is 11.3 Å². The lowest BCUT2D eigenvalue weighted by atomic mass is 9.95. The molecule has 1 saturated heterocycles. The van der Waals surface area contributed by atoms with Crippen molar-refractivity contribution >= 4 is 27.1 Å². The predicted octanol–water partition coefficient (Wildman–Crippen LogP) is 2.69. The number of nitrogens with zero attached hydrogens (tertiary/aromatic N) is 1. The molecule has 138 valence electrons. The molecular formula is C19H21NO4S2. The Hall–Kier alpha value is -1.86. The Labute approximate surface area is 157 Å². The third-order valence-electron chi connectivity index (χ3n) is 5.14. The maximum Gasteiger partial charge on any atom is 0.229 e. The van der Waals surface area contributed by atoms with Gasteiger partial charge in [0.05, 0.1) is 16.9 Å². The van der Waals surface area contributed by atoms with E-state index in [1.54, 1.807) is 4.90 Å². The second kappa shape index (κ2) is 7.04. The number of fused-ring (bicyclic) bond motifs is 1. The van der Waals surface area contributed by atoms with Crippen molar-refractivity contribution in [2.75, 3.05) is 25.4 Å². The lowest BCUT2D eigenvalue weighted by Gasteiger charge is -2.29. The van der Waals surface area contributed by atoms with Crippen LogP contribution in [0.2, 0.25) is 0 Å². The van der Waals surface area contributed by atoms with Crippen LogP contribution >= 0.6 is 11.3 Å². The summed E-state index contributed by atoms with van der Waals surface area (Å²) < 4.78 is 31.0. The topological polar surface area (TPSA) is 63.7 Å². The van der Waals surface area contributed by atoms with Gasteiger partial charge >= 0.3 is 0 Å². The minimum Gasteiger partial charge on any atom is -0.492 e. The van der Waals surface area contributed by atoms with Crippen LogP contribution in [0.3, 0.4) is 0 Å². The molecule has 1 amide bonds. The van der Waals surface area contributed by atoms with Gasteiger partial charge in [-0.25, -0.2) is 8.42 Å². The molecule has 4 rings (SSSR count). The number of carbonyl (C=O) groups is 1. The molecule has 0 saturated carbocycles. The molecule has 2 aliphatic rings. The quantitative estimate of drug-likeness (QED) is 0.790. The van der Waals surface area contributed by atoms with E-state index in [0.717, 1.165) is 16.2 Å². The molecule has 0 bridgehead atoms. The standard InChI is InChI=1S/C19H21NO4S2/c21-19(15-12-14-4-1-2-5-16(14)24-13-15)20-8-7-18(17-6-3-10-25-17)26(22,23)11-9-20/h1-6,10,15,18H,7-9,11-13H2/t15-,18+/m0/s1. The van der Waals surface area contributed by atoms with Gasteiger partial charge in [-0.2, -0.15) is 0 Å². The molecular weight excluding hydrogens is 370 g/mol. The maximum absolute atomic E-state index is 13.0. The molecule has 1 aromatic carbocycles. The molecule has 0 unspecified atom stereocenters. The molecule has 26 heavy (non-hydrogen) atoms. The summed E-state index contributed by atoms with van der Waals surface area (Å²) in [7, 11) is -3.24. The number of hydrogen-bond acceptors (Lipinski definition) is 5. The number of amides is 1. The van der Waals surface area contributed by atoms with Crippen LogP contribution in [-0.2, 0) is 21.1 Å². The van der Waals surface area contributed by atoms with Crippen molar-refractivity contribution in [2.24, 2.45) is 5.92 Å². The Morgan fingerprint density at radius 2 is 2.00 bits per heavy atom. The number of ether oxygens (including phenoxy) is 1. The van der Waals surface area contributed by atoms with Gasteiger partial charge in [0, 0.05) is 18.0 Å². The molecule has 7 heteroatoms. The molecule has 0 spiro atoms. The van der Waals surface area contributed by atoms with Gasteiger partial charge in [-0.1, -0.05) is 24.3 Å². The van der Waals surface area contributed by atoms with Gasteiger partial charge in [0.1, 0.15) is 12.4 Å². The Kier molecular flexibility index (Phi) is 4.75. The van der Waals surface area contributed by atoms with Crippen molar-refractivity contribution < 1.29 is 17.9 Å². The molecule has 2 aromatic rings. The Bertz CT molecular complexity index is 892. The fourth-order valence-electron chi connectivity index (χ4n) is 3.70. The smallest absolute Gasteiger partial charge is 0.229 e. The normalized spacial score (nSPS) is 25.0. The van der Waals surface area contributed by atoms with Crippen molar-refractivity contribution in [1.29, 1.82) is 0 Å². The average molecular weight is 392 g/mol. The monoisotopic (exact) mass is 391 g/mol. The van der Waals surface area contributed by atoms with Crippen LogP contribution in [-0.4, -0.2) is 44.7 Å². The highest BCUT2D eigenvalue weighted by Crippen LogP contribution is 2.33. The Balaban J connectivity index is 1.48. The summed E-state index contributed by atoms with van der Waals surface area (Å²) in [6.45, 7) is 1.09. The number of rotatable bonds is 2. The Morgan fingerprint density at radius 1 is 1.15 bits per heavy atom. The molecule has 0 aliphatic carbocycles. The average Bonchev–Trinajstić information content (AvgIpc) is 3.12. The van der Waals surface area contributed by atoms with Crippen LogP contribution in [0.5, 0.6) is 5.75 Å². The van der Waals surface area contributed by atoms with Gasteiger partial charge in [-0.15, -0.1) is 11.3 Å². The van der Waals surface area contributed by atoms with Crippen LogP contribution < -0.4 is 4.74 Å². The summed E-state index contributed by atoms with van der Waals surface area (Å²) >= 11 is 1.47. The number of thiophene rings is 1. The van der Waals surface area contributed by atoms with Gasteiger partial charge in [0.15, 0.2) is 9.84 Å². The summed E-state index contributed by atoms with van der Waals surface area (Å²) in [5.74, 6) is 0.617. The zero-order valence-corrected chi connectivity index (χ0v) is 16.0. The predicted molar refractivity (Wildman–Crippen MR) is 101 cm³/mol. The van der Waals surface area contributed by atoms with E-state index < -0.39 is 15.1 Å². The number of sulfone groups is 1. The van der Waals surface area contributed by atoms with Gasteiger partial charge in [0.2, 0.25) is 5.91 Å². The minimum absolute atomic E-state index is 0.00142. The Morgan fingerprint density at radius 3 is 2.81 bits per heavy atom. The van der Waals surface area contributed by atoms with Crippen LogP contribution in [0.25, 0.3) is 0 Å². The molecule has 1 fully saturated rings. The summed E-state index contributed by atoms with van der Waals surface area (Å²) in [6, 6.07) is 11.5. The maximum atomic E-state index is 13.0. The molecule has 2 aliphatic heterocycles. The summed E-state index contributed by atoms with van der Waals surface area (Å²) in [5.41, 5.74) is 1.04. The zero-order valence-electron chi connectivity index (χ0n) is 14.3. The van der Waals surface area contributed by atoms with Crippen molar-refractivity contribution in [3.63, 3.8) is 0 Å². The van der Waals surface area contributed by atoms with Gasteiger partial charge < -0.3 is 9.64 Å². The molecule has 0 N–H and O–H groups in total. The lowest BCUT2D eigenvalue weighted by Crippen LogP contribution is -2.42. The molecule has 1 aromatic heterocycles. The first-order valence-corrected chi connectivity index (χ1v) is 11.4. The second-order valence-electron chi connectivity index (χ2n) is 6.80. The number of hydrogen-bond donors (Lipinski definition) is 0. The summed E-state index contributed by atoms with van der Waals surface area (Å²) in [6.07, 6.45) is 1.10. The SMILES string of the molecule is O=C([C@@H]1COc2ccccc2C1)N1CC[C@H](c2cccs2)S(=O)(=O)CC1. The minimum atomic E-state index is -3.24. The molecule has 5 nitrogen and oxygen atoms in total. The van der Waals surface area contributed by atoms with E-state index >= 15 is 0 Å². The van der Waals surface area contributed by atoms with Gasteiger partial charge in [-0.05, 0) is 35.9 Å². The van der Waals surface area contributed by atoms with E-state index in [1.807, 2.05) is 41.8 Å². The van der Waals surface area contributed by atoms with Gasteiger partial charge in [-0.3, -0.25) is 4.79 Å². The van der Waals surface area contributed by atoms with Crippen molar-refractivity contribution in [3.05, 3.63) is 52.2 Å².